The van der Waals surface area contributed by atoms with E-state index in [9.17, 15) is 33.6 Å². The predicted octanol–water partition coefficient (Wildman–Crippen LogP) is 9.72. The molecule has 0 aromatic rings. The van der Waals surface area contributed by atoms with E-state index in [1.807, 2.05) is 0 Å². The molecule has 12 aliphatic carbocycles. The van der Waals surface area contributed by atoms with E-state index in [-0.39, 0.29) is 80.2 Å². The van der Waals surface area contributed by atoms with Crippen molar-refractivity contribution in [2.75, 3.05) is 26.4 Å². The van der Waals surface area contributed by atoms with Crippen LogP contribution >= 0.6 is 0 Å². The van der Waals surface area contributed by atoms with Crippen LogP contribution in [0.25, 0.3) is 0 Å². The Morgan fingerprint density at radius 2 is 0.696 bits per heavy atom. The van der Waals surface area contributed by atoms with E-state index < -0.39 is 17.9 Å². The highest BCUT2D eigenvalue weighted by Gasteiger charge is 2.59. The third-order valence-corrected chi connectivity index (χ3v) is 18.1. The van der Waals surface area contributed by atoms with Crippen molar-refractivity contribution in [2.45, 2.75) is 174 Å². The number of ketones is 1. The summed E-state index contributed by atoms with van der Waals surface area (Å²) in [6, 6.07) is 0. The number of rotatable bonds is 18. The fourth-order valence-corrected chi connectivity index (χ4v) is 15.3. The fourth-order valence-electron chi connectivity index (χ4n) is 15.3. The van der Waals surface area contributed by atoms with Gasteiger partial charge in [0.2, 0.25) is 0 Å². The van der Waals surface area contributed by atoms with Crippen LogP contribution in [0.15, 0.2) is 36.5 Å². The van der Waals surface area contributed by atoms with Crippen molar-refractivity contribution < 1.29 is 62.0 Å². The zero-order chi connectivity index (χ0) is 49.8. The zero-order valence-corrected chi connectivity index (χ0v) is 42.2. The van der Waals surface area contributed by atoms with Crippen molar-refractivity contribution in [1.82, 2.24) is 0 Å². The maximum absolute atomic E-state index is 12.6. The standard InChI is InChI=1S/C21H30O6.C18H26O4.C17H24O3/c1-13(2)20(24)26-7-6-25-18(22)4-5-19(23)27-21(3)16-9-14-8-15(11-16)12-17(21)10-14;1-11(2)17(20)21-5-4-16(19)22-18(3)14-7-12-6-13(9-14)10-15(18)8-12;1-11(2)16(19)20-4-3-15(18)17-8-12-5-13(9-17)7-14(6-12)10-17/h14-17H,1,4-12H2,2-3H3;12-15H,1,4-10H2,2-3H3;12-14H,1,3-10H2,2H3. The lowest BCUT2D eigenvalue weighted by Gasteiger charge is -2.59. The number of ether oxygens (including phenoxy) is 6. The van der Waals surface area contributed by atoms with Crippen molar-refractivity contribution in [1.29, 1.82) is 0 Å². The molecule has 0 aliphatic heterocycles. The minimum atomic E-state index is -0.515. The summed E-state index contributed by atoms with van der Waals surface area (Å²) in [5, 5.41) is 0. The van der Waals surface area contributed by atoms with Crippen molar-refractivity contribution in [3.8, 4) is 0 Å². The molecule has 0 saturated heterocycles. The SMILES string of the molecule is C=C(C)C(=O)OCCC(=O)C12CC3CC(CC(C3)C1)C2.C=C(C)C(=O)OCCC(=O)OC1(C)C2CC3CC(C2)CC1C3.C=C(C)C(=O)OCCOC(=O)CCC(=O)OC1(C)C2CC3CC(C2)CC1C3. The van der Waals surface area contributed by atoms with E-state index in [4.69, 9.17) is 28.4 Å². The second-order valence-electron chi connectivity index (χ2n) is 23.5. The molecule has 382 valence electrons. The van der Waals surface area contributed by atoms with E-state index in [1.165, 1.54) is 83.5 Å². The number of carbonyl (C=O) groups is 7. The predicted molar refractivity (Wildman–Crippen MR) is 255 cm³/mol. The Morgan fingerprint density at radius 1 is 0.391 bits per heavy atom. The van der Waals surface area contributed by atoms with Gasteiger partial charge in [-0.2, -0.15) is 0 Å². The normalized spacial score (nSPS) is 36.3. The van der Waals surface area contributed by atoms with Gasteiger partial charge >= 0.3 is 35.8 Å². The summed E-state index contributed by atoms with van der Waals surface area (Å²) in [6.45, 7) is 19.7. The molecule has 12 fully saturated rings. The van der Waals surface area contributed by atoms with Gasteiger partial charge in [-0.15, -0.1) is 0 Å². The second-order valence-corrected chi connectivity index (χ2v) is 23.5. The monoisotopic (exact) mass is 961 g/mol. The molecule has 0 aromatic heterocycles. The van der Waals surface area contributed by atoms with E-state index in [1.54, 1.807) is 20.8 Å². The van der Waals surface area contributed by atoms with Gasteiger partial charge in [0, 0.05) is 28.6 Å². The highest BCUT2D eigenvalue weighted by molar-refractivity contribution is 5.89. The Kier molecular flexibility index (Phi) is 16.8. The van der Waals surface area contributed by atoms with Gasteiger partial charge in [-0.05, 0) is 202 Å². The van der Waals surface area contributed by atoms with Gasteiger partial charge < -0.3 is 28.4 Å². The minimum Gasteiger partial charge on any atom is -0.462 e. The quantitative estimate of drug-likeness (QED) is 0.0550. The average molecular weight is 961 g/mol. The summed E-state index contributed by atoms with van der Waals surface area (Å²) in [4.78, 5) is 82.7. The molecular formula is C56H80O13. The van der Waals surface area contributed by atoms with Gasteiger partial charge in [-0.1, -0.05) is 19.7 Å². The first-order valence-electron chi connectivity index (χ1n) is 26.2. The summed E-state index contributed by atoms with van der Waals surface area (Å²) < 4.78 is 31.7. The molecule has 13 nitrogen and oxygen atoms in total. The zero-order valence-electron chi connectivity index (χ0n) is 42.2. The van der Waals surface area contributed by atoms with Crippen molar-refractivity contribution in [3.05, 3.63) is 36.5 Å². The molecule has 12 rings (SSSR count). The molecule has 12 saturated carbocycles. The van der Waals surface area contributed by atoms with Crippen LogP contribution in [-0.4, -0.2) is 79.2 Å². The molecule has 13 heteroatoms. The first kappa shape index (κ1) is 52.5. The van der Waals surface area contributed by atoms with E-state index in [0.717, 1.165) is 60.7 Å². The number of esters is 6. The molecule has 0 amide bonds. The van der Waals surface area contributed by atoms with Gasteiger partial charge in [-0.25, -0.2) is 14.4 Å². The molecule has 0 N–H and O–H groups in total. The molecule has 0 unspecified atom stereocenters. The minimum absolute atomic E-state index is 0.0201. The van der Waals surface area contributed by atoms with Crippen molar-refractivity contribution in [3.63, 3.8) is 0 Å². The Labute approximate surface area is 410 Å². The van der Waals surface area contributed by atoms with E-state index >= 15 is 0 Å². The number of carbonyl (C=O) groups excluding carboxylic acids is 7. The van der Waals surface area contributed by atoms with Crippen LogP contribution in [0.5, 0.6) is 0 Å². The van der Waals surface area contributed by atoms with Crippen LogP contribution < -0.4 is 0 Å². The lowest BCUT2D eigenvalue weighted by molar-refractivity contribution is -0.204. The van der Waals surface area contributed by atoms with Crippen LogP contribution in [0.1, 0.15) is 163 Å². The summed E-state index contributed by atoms with van der Waals surface area (Å²) in [5.74, 6) is 5.57. The Hall–Kier alpha value is -4.29. The van der Waals surface area contributed by atoms with Gasteiger partial charge in [-0.3, -0.25) is 19.2 Å². The fraction of sp³-hybridized carbons (Fsp3) is 0.768. The third-order valence-electron chi connectivity index (χ3n) is 18.1. The molecule has 0 radical (unpaired) electrons. The van der Waals surface area contributed by atoms with Crippen LogP contribution in [0, 0.1) is 70.5 Å². The lowest BCUT2D eigenvalue weighted by atomic mass is 9.48. The summed E-state index contributed by atoms with van der Waals surface area (Å²) in [5.41, 5.74) is 0.300. The molecule has 12 bridgehead atoms. The van der Waals surface area contributed by atoms with Gasteiger partial charge in [0.25, 0.3) is 0 Å². The number of hydrogen-bond acceptors (Lipinski definition) is 13. The average Bonchev–Trinajstić information content (AvgIpc) is 3.27. The topological polar surface area (TPSA) is 175 Å². The molecular weight excluding hydrogens is 881 g/mol. The van der Waals surface area contributed by atoms with Crippen molar-refractivity contribution in [2.24, 2.45) is 70.5 Å². The van der Waals surface area contributed by atoms with Crippen LogP contribution in [-0.2, 0) is 62.0 Å². The first-order valence-corrected chi connectivity index (χ1v) is 26.2. The lowest BCUT2D eigenvalue weighted by Crippen LogP contribution is -2.58. The highest BCUT2D eigenvalue weighted by Crippen LogP contribution is 2.62. The first-order chi connectivity index (χ1) is 32.6. The van der Waals surface area contributed by atoms with Crippen LogP contribution in [0.3, 0.4) is 0 Å². The van der Waals surface area contributed by atoms with Gasteiger partial charge in [0.05, 0.1) is 25.9 Å². The summed E-state index contributed by atoms with van der Waals surface area (Å²) >= 11 is 0. The number of hydrogen-bond donors (Lipinski definition) is 0. The smallest absolute Gasteiger partial charge is 0.333 e. The van der Waals surface area contributed by atoms with E-state index in [2.05, 4.69) is 33.6 Å². The molecule has 12 aliphatic rings. The summed E-state index contributed by atoms with van der Waals surface area (Å²) in [7, 11) is 0. The molecule has 0 heterocycles. The largest absolute Gasteiger partial charge is 0.462 e. The van der Waals surface area contributed by atoms with Crippen LogP contribution in [0.2, 0.25) is 0 Å². The Bertz CT molecular complexity index is 1920. The highest BCUT2D eigenvalue weighted by atomic mass is 16.6. The van der Waals surface area contributed by atoms with Crippen molar-refractivity contribution >= 4 is 41.6 Å². The summed E-state index contributed by atoms with van der Waals surface area (Å²) in [6.07, 6.45) is 20.1. The van der Waals surface area contributed by atoms with E-state index in [0.29, 0.717) is 52.6 Å². The third kappa shape index (κ3) is 12.6. The Morgan fingerprint density at radius 3 is 1.07 bits per heavy atom. The molecule has 0 atom stereocenters. The second kappa shape index (κ2) is 22.0. The van der Waals surface area contributed by atoms with Crippen LogP contribution in [0.4, 0.5) is 0 Å². The molecule has 0 aromatic carbocycles. The maximum atomic E-state index is 12.6. The van der Waals surface area contributed by atoms with Gasteiger partial charge in [0.1, 0.15) is 36.8 Å². The molecule has 69 heavy (non-hydrogen) atoms. The maximum Gasteiger partial charge on any atom is 0.333 e. The number of Topliss-reactive ketones (excluding diaryl/α,β-unsaturated/α-hetero) is 1. The molecule has 0 spiro atoms. The Balaban J connectivity index is 0.000000155. The van der Waals surface area contributed by atoms with Gasteiger partial charge in [0.15, 0.2) is 0 Å².